The second-order valence-electron chi connectivity index (χ2n) is 3.47. The fourth-order valence-corrected chi connectivity index (χ4v) is 2.33. The van der Waals surface area contributed by atoms with E-state index in [2.05, 4.69) is 23.2 Å². The summed E-state index contributed by atoms with van der Waals surface area (Å²) in [6.45, 7) is 2.12. The Kier molecular flexibility index (Phi) is 2.73. The van der Waals surface area contributed by atoms with E-state index in [0.717, 1.165) is 18.5 Å². The number of nitrogens with two attached hydrogens (primary N) is 1. The van der Waals surface area contributed by atoms with Gasteiger partial charge in [0, 0.05) is 30.7 Å². The summed E-state index contributed by atoms with van der Waals surface area (Å²) >= 11 is 1.54. The topological polar surface area (TPSA) is 56.7 Å². The van der Waals surface area contributed by atoms with Crippen molar-refractivity contribution >= 4 is 16.5 Å². The van der Waals surface area contributed by atoms with Crippen LogP contribution in [0.3, 0.4) is 0 Å². The average Bonchev–Trinajstić information content (AvgIpc) is 2.73. The molecule has 2 heterocycles. The highest BCUT2D eigenvalue weighted by Crippen LogP contribution is 2.20. The molecule has 4 nitrogen and oxygen atoms in total. The number of nitrogens with zero attached hydrogens (tertiary/aromatic N) is 3. The van der Waals surface area contributed by atoms with Gasteiger partial charge in [0.15, 0.2) is 5.13 Å². The molecule has 0 radical (unpaired) electrons. The van der Waals surface area contributed by atoms with Crippen molar-refractivity contribution in [3.05, 3.63) is 28.5 Å². The monoisotopic (exact) mass is 222 g/mol. The minimum atomic E-state index is 0.631. The van der Waals surface area contributed by atoms with E-state index < -0.39 is 0 Å². The van der Waals surface area contributed by atoms with Crippen molar-refractivity contribution in [2.45, 2.75) is 19.8 Å². The zero-order valence-corrected chi connectivity index (χ0v) is 9.71. The van der Waals surface area contributed by atoms with Gasteiger partial charge in [-0.1, -0.05) is 6.92 Å². The van der Waals surface area contributed by atoms with Crippen molar-refractivity contribution in [2.24, 2.45) is 7.05 Å². The Morgan fingerprint density at radius 2 is 2.33 bits per heavy atom. The molecule has 2 aromatic heterocycles. The van der Waals surface area contributed by atoms with Gasteiger partial charge in [-0.3, -0.25) is 4.68 Å². The molecule has 0 fully saturated rings. The zero-order chi connectivity index (χ0) is 10.8. The van der Waals surface area contributed by atoms with Gasteiger partial charge in [0.05, 0.1) is 5.69 Å². The normalized spacial score (nSPS) is 10.8. The number of thiazole rings is 1. The van der Waals surface area contributed by atoms with Gasteiger partial charge >= 0.3 is 0 Å². The van der Waals surface area contributed by atoms with Crippen LogP contribution < -0.4 is 5.73 Å². The molecule has 0 saturated carbocycles. The Morgan fingerprint density at radius 1 is 1.53 bits per heavy atom. The van der Waals surface area contributed by atoms with Crippen LogP contribution in [-0.2, 0) is 19.9 Å². The minimum Gasteiger partial charge on any atom is -0.375 e. The van der Waals surface area contributed by atoms with E-state index in [1.54, 1.807) is 11.3 Å². The molecule has 0 unspecified atom stereocenters. The smallest absolute Gasteiger partial charge is 0.180 e. The molecule has 2 rings (SSSR count). The van der Waals surface area contributed by atoms with Crippen molar-refractivity contribution in [1.82, 2.24) is 14.8 Å². The average molecular weight is 222 g/mol. The standard InChI is InChI=1S/C10H14N4S/c1-3-9-7(6-14(2)13-9)4-8-5-12-10(11)15-8/h5-6H,3-4H2,1-2H3,(H2,11,12). The first-order valence-electron chi connectivity index (χ1n) is 4.90. The number of hydrogen-bond donors (Lipinski definition) is 1. The molecule has 2 N–H and O–H groups in total. The summed E-state index contributed by atoms with van der Waals surface area (Å²) in [7, 11) is 1.95. The van der Waals surface area contributed by atoms with Crippen LogP contribution in [0.4, 0.5) is 5.13 Å². The van der Waals surface area contributed by atoms with Crippen LogP contribution in [-0.4, -0.2) is 14.8 Å². The van der Waals surface area contributed by atoms with Crippen LogP contribution in [0.1, 0.15) is 23.1 Å². The number of rotatable bonds is 3. The van der Waals surface area contributed by atoms with E-state index in [1.807, 2.05) is 17.9 Å². The van der Waals surface area contributed by atoms with Crippen LogP contribution in [0.2, 0.25) is 0 Å². The lowest BCUT2D eigenvalue weighted by atomic mass is 10.1. The van der Waals surface area contributed by atoms with Crippen molar-refractivity contribution in [3.8, 4) is 0 Å². The van der Waals surface area contributed by atoms with Crippen LogP contribution in [0.15, 0.2) is 12.4 Å². The van der Waals surface area contributed by atoms with Gasteiger partial charge in [-0.15, -0.1) is 11.3 Å². The van der Waals surface area contributed by atoms with Crippen molar-refractivity contribution in [3.63, 3.8) is 0 Å². The van der Waals surface area contributed by atoms with E-state index >= 15 is 0 Å². The third-order valence-electron chi connectivity index (χ3n) is 2.26. The number of anilines is 1. The molecule has 2 aromatic rings. The van der Waals surface area contributed by atoms with Gasteiger partial charge in [0.1, 0.15) is 0 Å². The number of aryl methyl sites for hydroxylation is 2. The molecule has 0 bridgehead atoms. The summed E-state index contributed by atoms with van der Waals surface area (Å²) in [4.78, 5) is 5.23. The highest BCUT2D eigenvalue weighted by Gasteiger charge is 2.08. The predicted molar refractivity (Wildman–Crippen MR) is 61.9 cm³/mol. The minimum absolute atomic E-state index is 0.631. The summed E-state index contributed by atoms with van der Waals surface area (Å²) in [5.74, 6) is 0. The van der Waals surface area contributed by atoms with Gasteiger partial charge < -0.3 is 5.73 Å². The van der Waals surface area contributed by atoms with Crippen molar-refractivity contribution < 1.29 is 0 Å². The highest BCUT2D eigenvalue weighted by molar-refractivity contribution is 7.15. The Bertz CT molecular complexity index is 458. The molecule has 15 heavy (non-hydrogen) atoms. The molecule has 0 aliphatic rings. The summed E-state index contributed by atoms with van der Waals surface area (Å²) in [5.41, 5.74) is 8.02. The quantitative estimate of drug-likeness (QED) is 0.858. The Hall–Kier alpha value is -1.36. The fourth-order valence-electron chi connectivity index (χ4n) is 1.62. The third kappa shape index (κ3) is 2.18. The molecule has 0 aromatic carbocycles. The predicted octanol–water partition coefficient (Wildman–Crippen LogP) is 1.61. The lowest BCUT2D eigenvalue weighted by Gasteiger charge is -1.95. The van der Waals surface area contributed by atoms with Crippen LogP contribution >= 0.6 is 11.3 Å². The lowest BCUT2D eigenvalue weighted by Crippen LogP contribution is -1.90. The Morgan fingerprint density at radius 3 is 2.93 bits per heavy atom. The molecule has 0 spiro atoms. The van der Waals surface area contributed by atoms with Crippen LogP contribution in [0.5, 0.6) is 0 Å². The number of hydrogen-bond acceptors (Lipinski definition) is 4. The molecule has 0 aliphatic heterocycles. The molecule has 5 heteroatoms. The van der Waals surface area contributed by atoms with Crippen LogP contribution in [0, 0.1) is 0 Å². The summed E-state index contributed by atoms with van der Waals surface area (Å²) in [6, 6.07) is 0. The summed E-state index contributed by atoms with van der Waals surface area (Å²) in [5, 5.41) is 5.03. The Balaban J connectivity index is 2.23. The highest BCUT2D eigenvalue weighted by atomic mass is 32.1. The first kappa shape index (κ1) is 10.2. The maximum Gasteiger partial charge on any atom is 0.180 e. The van der Waals surface area contributed by atoms with E-state index in [-0.39, 0.29) is 0 Å². The fraction of sp³-hybridized carbons (Fsp3) is 0.400. The number of aromatic nitrogens is 3. The molecule has 0 saturated heterocycles. The maximum atomic E-state index is 5.59. The largest absolute Gasteiger partial charge is 0.375 e. The van der Waals surface area contributed by atoms with Gasteiger partial charge in [0.25, 0.3) is 0 Å². The third-order valence-corrected chi connectivity index (χ3v) is 3.09. The molecule has 0 amide bonds. The summed E-state index contributed by atoms with van der Waals surface area (Å²) < 4.78 is 1.86. The summed E-state index contributed by atoms with van der Waals surface area (Å²) in [6.07, 6.45) is 5.75. The second kappa shape index (κ2) is 4.02. The van der Waals surface area contributed by atoms with E-state index in [0.29, 0.717) is 5.13 Å². The van der Waals surface area contributed by atoms with E-state index in [9.17, 15) is 0 Å². The zero-order valence-electron chi connectivity index (χ0n) is 8.90. The second-order valence-corrected chi connectivity index (χ2v) is 4.62. The van der Waals surface area contributed by atoms with Crippen molar-refractivity contribution in [1.29, 1.82) is 0 Å². The SMILES string of the molecule is CCc1nn(C)cc1Cc1cnc(N)s1. The molecule has 0 atom stereocenters. The molecular weight excluding hydrogens is 208 g/mol. The van der Waals surface area contributed by atoms with Crippen molar-refractivity contribution in [2.75, 3.05) is 5.73 Å². The maximum absolute atomic E-state index is 5.59. The van der Waals surface area contributed by atoms with Gasteiger partial charge in [-0.2, -0.15) is 5.10 Å². The molecule has 80 valence electrons. The number of nitrogen functional groups attached to an aromatic ring is 1. The van der Waals surface area contributed by atoms with E-state index in [1.165, 1.54) is 10.4 Å². The first-order valence-corrected chi connectivity index (χ1v) is 5.72. The lowest BCUT2D eigenvalue weighted by molar-refractivity contribution is 0.746. The van der Waals surface area contributed by atoms with E-state index in [4.69, 9.17) is 5.73 Å². The molecular formula is C10H14N4S. The Labute approximate surface area is 92.8 Å². The van der Waals surface area contributed by atoms with Gasteiger partial charge in [0.2, 0.25) is 0 Å². The van der Waals surface area contributed by atoms with Crippen LogP contribution in [0.25, 0.3) is 0 Å². The van der Waals surface area contributed by atoms with Gasteiger partial charge in [-0.05, 0) is 12.0 Å². The first-order chi connectivity index (χ1) is 7.19. The molecule has 0 aliphatic carbocycles. The van der Waals surface area contributed by atoms with Gasteiger partial charge in [-0.25, -0.2) is 4.98 Å².